The number of ether oxygens (including phenoxy) is 1. The number of carbonyl (C=O) groups is 2. The van der Waals surface area contributed by atoms with Crippen molar-refractivity contribution in [1.29, 1.82) is 0 Å². The first-order valence-electron chi connectivity index (χ1n) is 8.51. The number of rotatable bonds is 5. The zero-order valence-electron chi connectivity index (χ0n) is 13.8. The van der Waals surface area contributed by atoms with Gasteiger partial charge in [-0.3, -0.25) is 14.5 Å². The standard InChI is InChI=1S/C17H27N3O3/c1-2-7-18-16(21)14-19-8-5-9-20(11-10-19)17(22)13-15-6-3-4-12-23-15/h1,15H,3-14H2,(H,18,21). The average Bonchev–Trinajstić information content (AvgIpc) is 2.79. The maximum Gasteiger partial charge on any atom is 0.234 e. The molecule has 1 N–H and O–H groups in total. The highest BCUT2D eigenvalue weighted by Crippen LogP contribution is 2.17. The molecule has 0 aromatic rings. The first-order valence-corrected chi connectivity index (χ1v) is 8.51. The average molecular weight is 321 g/mol. The van der Waals surface area contributed by atoms with Crippen molar-refractivity contribution in [3.63, 3.8) is 0 Å². The lowest BCUT2D eigenvalue weighted by Crippen LogP contribution is -2.40. The minimum atomic E-state index is -0.0571. The lowest BCUT2D eigenvalue weighted by Gasteiger charge is -2.26. The van der Waals surface area contributed by atoms with Crippen LogP contribution in [0.15, 0.2) is 0 Å². The molecular formula is C17H27N3O3. The van der Waals surface area contributed by atoms with Crippen LogP contribution in [0.5, 0.6) is 0 Å². The Bertz CT molecular complexity index is 441. The molecule has 6 nitrogen and oxygen atoms in total. The van der Waals surface area contributed by atoms with Gasteiger partial charge in [-0.1, -0.05) is 5.92 Å². The lowest BCUT2D eigenvalue weighted by atomic mass is 10.1. The summed E-state index contributed by atoms with van der Waals surface area (Å²) in [5, 5.41) is 2.67. The molecule has 1 unspecified atom stereocenters. The van der Waals surface area contributed by atoms with Crippen LogP contribution < -0.4 is 5.32 Å². The normalized spacial score (nSPS) is 22.9. The number of terminal acetylenes is 1. The number of amides is 2. The van der Waals surface area contributed by atoms with E-state index in [1.807, 2.05) is 4.90 Å². The van der Waals surface area contributed by atoms with Crippen LogP contribution in [0.4, 0.5) is 0 Å². The van der Waals surface area contributed by atoms with E-state index in [0.717, 1.165) is 51.9 Å². The number of carbonyl (C=O) groups excluding carboxylic acids is 2. The molecule has 2 amide bonds. The van der Waals surface area contributed by atoms with E-state index in [0.29, 0.717) is 19.5 Å². The number of hydrogen-bond acceptors (Lipinski definition) is 4. The molecule has 6 heteroatoms. The predicted octanol–water partition coefficient (Wildman–Crippen LogP) is 0.229. The largest absolute Gasteiger partial charge is 0.378 e. The summed E-state index contributed by atoms with van der Waals surface area (Å²) < 4.78 is 5.65. The summed E-state index contributed by atoms with van der Waals surface area (Å²) in [6.45, 7) is 4.36. The van der Waals surface area contributed by atoms with Crippen LogP contribution in [0, 0.1) is 12.3 Å². The summed E-state index contributed by atoms with van der Waals surface area (Å²) in [6.07, 6.45) is 9.84. The highest BCUT2D eigenvalue weighted by molar-refractivity contribution is 5.78. The Morgan fingerprint density at radius 1 is 1.17 bits per heavy atom. The van der Waals surface area contributed by atoms with Gasteiger partial charge in [0.2, 0.25) is 11.8 Å². The van der Waals surface area contributed by atoms with E-state index in [1.165, 1.54) is 0 Å². The Balaban J connectivity index is 1.73. The first-order chi connectivity index (χ1) is 11.2. The van der Waals surface area contributed by atoms with Gasteiger partial charge >= 0.3 is 0 Å². The Kier molecular flexibility index (Phi) is 7.37. The molecule has 2 heterocycles. The maximum absolute atomic E-state index is 12.4. The van der Waals surface area contributed by atoms with Crippen LogP contribution in [0.2, 0.25) is 0 Å². The molecule has 0 radical (unpaired) electrons. The van der Waals surface area contributed by atoms with Gasteiger partial charge in [-0.25, -0.2) is 0 Å². The topological polar surface area (TPSA) is 61.9 Å². The van der Waals surface area contributed by atoms with Gasteiger partial charge in [-0.05, 0) is 25.7 Å². The molecule has 2 aliphatic rings. The third-order valence-electron chi connectivity index (χ3n) is 4.37. The summed E-state index contributed by atoms with van der Waals surface area (Å²) in [7, 11) is 0. The van der Waals surface area contributed by atoms with Crippen LogP contribution in [0.1, 0.15) is 32.1 Å². The van der Waals surface area contributed by atoms with E-state index in [2.05, 4.69) is 16.1 Å². The molecule has 2 aliphatic heterocycles. The van der Waals surface area contributed by atoms with E-state index in [4.69, 9.17) is 11.2 Å². The highest BCUT2D eigenvalue weighted by atomic mass is 16.5. The van der Waals surface area contributed by atoms with Gasteiger partial charge in [0.05, 0.1) is 25.6 Å². The minimum absolute atomic E-state index is 0.0571. The van der Waals surface area contributed by atoms with Gasteiger partial charge in [0.25, 0.3) is 0 Å². The molecule has 0 aromatic carbocycles. The third kappa shape index (κ3) is 6.20. The number of nitrogens with one attached hydrogen (secondary N) is 1. The smallest absolute Gasteiger partial charge is 0.234 e. The van der Waals surface area contributed by atoms with Crippen molar-refractivity contribution in [2.24, 2.45) is 0 Å². The number of nitrogens with zero attached hydrogens (tertiary/aromatic N) is 2. The Hall–Kier alpha value is -1.58. The predicted molar refractivity (Wildman–Crippen MR) is 87.7 cm³/mol. The van der Waals surface area contributed by atoms with Crippen LogP contribution in [0.3, 0.4) is 0 Å². The highest BCUT2D eigenvalue weighted by Gasteiger charge is 2.24. The molecule has 2 rings (SSSR count). The van der Waals surface area contributed by atoms with Crippen LogP contribution in [-0.4, -0.2) is 73.6 Å². The first kappa shape index (κ1) is 17.8. The zero-order valence-corrected chi connectivity index (χ0v) is 13.8. The van der Waals surface area contributed by atoms with Crippen LogP contribution in [0.25, 0.3) is 0 Å². The molecule has 0 spiro atoms. The summed E-state index contributed by atoms with van der Waals surface area (Å²) in [5.41, 5.74) is 0. The van der Waals surface area contributed by atoms with E-state index in [1.54, 1.807) is 0 Å². The second-order valence-corrected chi connectivity index (χ2v) is 6.18. The molecule has 0 aromatic heterocycles. The molecule has 23 heavy (non-hydrogen) atoms. The Labute approximate surface area is 138 Å². The molecule has 2 saturated heterocycles. The van der Waals surface area contributed by atoms with Gasteiger partial charge in [-0.15, -0.1) is 6.42 Å². The van der Waals surface area contributed by atoms with E-state index >= 15 is 0 Å². The summed E-state index contributed by atoms with van der Waals surface area (Å²) in [5.74, 6) is 2.51. The SMILES string of the molecule is C#CCNC(=O)CN1CCCN(C(=O)CC2CCCCO2)CC1. The second kappa shape index (κ2) is 9.53. The summed E-state index contributed by atoms with van der Waals surface area (Å²) in [4.78, 5) is 28.1. The van der Waals surface area contributed by atoms with Gasteiger partial charge in [-0.2, -0.15) is 0 Å². The molecule has 0 saturated carbocycles. The minimum Gasteiger partial charge on any atom is -0.378 e. The molecule has 128 valence electrons. The Morgan fingerprint density at radius 2 is 2.04 bits per heavy atom. The van der Waals surface area contributed by atoms with Crippen molar-refractivity contribution in [3.05, 3.63) is 0 Å². The summed E-state index contributed by atoms with van der Waals surface area (Å²) >= 11 is 0. The van der Waals surface area contributed by atoms with Crippen LogP contribution >= 0.6 is 0 Å². The van der Waals surface area contributed by atoms with Gasteiger partial charge in [0.1, 0.15) is 0 Å². The maximum atomic E-state index is 12.4. The van der Waals surface area contributed by atoms with E-state index in [-0.39, 0.29) is 24.5 Å². The quantitative estimate of drug-likeness (QED) is 0.737. The van der Waals surface area contributed by atoms with Crippen molar-refractivity contribution in [2.75, 3.05) is 45.9 Å². The molecule has 0 bridgehead atoms. The van der Waals surface area contributed by atoms with Gasteiger partial charge in [0.15, 0.2) is 0 Å². The van der Waals surface area contributed by atoms with Gasteiger partial charge in [0, 0.05) is 32.8 Å². The lowest BCUT2D eigenvalue weighted by molar-refractivity contribution is -0.135. The molecule has 2 fully saturated rings. The van der Waals surface area contributed by atoms with Crippen molar-refractivity contribution < 1.29 is 14.3 Å². The Morgan fingerprint density at radius 3 is 2.78 bits per heavy atom. The van der Waals surface area contributed by atoms with Gasteiger partial charge < -0.3 is 15.0 Å². The summed E-state index contributed by atoms with van der Waals surface area (Å²) in [6, 6.07) is 0. The fourth-order valence-electron chi connectivity index (χ4n) is 3.08. The number of hydrogen-bond donors (Lipinski definition) is 1. The van der Waals surface area contributed by atoms with Crippen molar-refractivity contribution in [1.82, 2.24) is 15.1 Å². The van der Waals surface area contributed by atoms with Crippen LogP contribution in [-0.2, 0) is 14.3 Å². The third-order valence-corrected chi connectivity index (χ3v) is 4.37. The van der Waals surface area contributed by atoms with Crippen molar-refractivity contribution in [2.45, 2.75) is 38.2 Å². The van der Waals surface area contributed by atoms with Crippen molar-refractivity contribution in [3.8, 4) is 12.3 Å². The molecule has 1 atom stereocenters. The monoisotopic (exact) mass is 321 g/mol. The fraction of sp³-hybridized carbons (Fsp3) is 0.765. The molecular weight excluding hydrogens is 294 g/mol. The molecule has 0 aliphatic carbocycles. The van der Waals surface area contributed by atoms with Crippen molar-refractivity contribution >= 4 is 11.8 Å². The van der Waals surface area contributed by atoms with E-state index in [9.17, 15) is 9.59 Å². The van der Waals surface area contributed by atoms with E-state index < -0.39 is 0 Å². The fourth-order valence-corrected chi connectivity index (χ4v) is 3.08. The second-order valence-electron chi connectivity index (χ2n) is 6.18. The zero-order chi connectivity index (χ0) is 16.5.